The molecule has 4 aliphatic rings. The number of rotatable bonds is 13. The van der Waals surface area contributed by atoms with Gasteiger partial charge in [-0.15, -0.1) is 0 Å². The first kappa shape index (κ1) is 32.9. The summed E-state index contributed by atoms with van der Waals surface area (Å²) in [5, 5.41) is 15.9. The Kier molecular flexibility index (Phi) is 10.4. The van der Waals surface area contributed by atoms with Crippen molar-refractivity contribution in [3.05, 3.63) is 65.2 Å². The third-order valence-corrected chi connectivity index (χ3v) is 10.9. The number of nitrogens with zero attached hydrogens (tertiary/aromatic N) is 3. The largest absolute Gasteiger partial charge is 0.496 e. The van der Waals surface area contributed by atoms with Gasteiger partial charge in [-0.1, -0.05) is 69.3 Å². The molecular formula is C36H54N4O4. The summed E-state index contributed by atoms with van der Waals surface area (Å²) in [5.74, 6) is 2.20. The molecule has 0 aromatic heterocycles. The first-order valence-electron chi connectivity index (χ1n) is 16.4. The Morgan fingerprint density at radius 2 is 1.82 bits per heavy atom. The van der Waals surface area contributed by atoms with Crippen molar-refractivity contribution in [1.29, 1.82) is 0 Å². The minimum Gasteiger partial charge on any atom is -0.496 e. The van der Waals surface area contributed by atoms with E-state index in [1.54, 1.807) is 19.1 Å². The smallest absolute Gasteiger partial charge is 0.240 e. The summed E-state index contributed by atoms with van der Waals surface area (Å²) in [6, 6.07) is 16.4. The molecule has 4 fully saturated rings. The van der Waals surface area contributed by atoms with E-state index >= 15 is 0 Å². The van der Waals surface area contributed by atoms with Crippen molar-refractivity contribution in [2.24, 2.45) is 29.1 Å². The van der Waals surface area contributed by atoms with Crippen molar-refractivity contribution in [3.63, 3.8) is 0 Å². The van der Waals surface area contributed by atoms with Gasteiger partial charge in [0.1, 0.15) is 11.8 Å². The van der Waals surface area contributed by atoms with E-state index in [0.717, 1.165) is 49.5 Å². The van der Waals surface area contributed by atoms with Crippen molar-refractivity contribution in [3.8, 4) is 5.75 Å². The quantitative estimate of drug-likeness (QED) is 0.346. The fourth-order valence-corrected chi connectivity index (χ4v) is 8.00. The molecule has 0 spiro atoms. The molecule has 2 N–H and O–H groups in total. The van der Waals surface area contributed by atoms with Crippen LogP contribution in [0.2, 0.25) is 0 Å². The van der Waals surface area contributed by atoms with E-state index in [4.69, 9.17) is 9.57 Å². The van der Waals surface area contributed by atoms with Gasteiger partial charge in [-0.3, -0.25) is 14.5 Å². The molecule has 2 aromatic rings. The van der Waals surface area contributed by atoms with Crippen molar-refractivity contribution >= 4 is 5.91 Å². The van der Waals surface area contributed by atoms with E-state index in [9.17, 15) is 9.90 Å². The van der Waals surface area contributed by atoms with Gasteiger partial charge in [0, 0.05) is 49.3 Å². The average molecular weight is 607 g/mol. The number of nitrogens with one attached hydrogen (secondary N) is 1. The number of ether oxygens (including phenoxy) is 1. The van der Waals surface area contributed by atoms with Crippen LogP contribution in [0.5, 0.6) is 5.75 Å². The van der Waals surface area contributed by atoms with Crippen LogP contribution in [0.4, 0.5) is 0 Å². The summed E-state index contributed by atoms with van der Waals surface area (Å²) in [5.41, 5.74) is 3.70. The molecule has 2 aromatic carbocycles. The number of benzene rings is 2. The van der Waals surface area contributed by atoms with Crippen LogP contribution in [0.15, 0.2) is 48.5 Å². The number of fused-ring (bicyclic) bond motifs is 2. The Bertz CT molecular complexity index is 1250. The minimum atomic E-state index is -0.664. The SMILES string of the molecule is COc1c(CN(CCN(C)C)Cc2ccccc2)cccc1CN1OC[C@@H]([C@H](C)O)[C@H]1C(=O)N[C@H]1C[C@H]2C[C@@H]([C@@H]1C)C2(C)C. The molecule has 0 radical (unpaired) electrons. The Labute approximate surface area is 264 Å². The molecule has 1 amide bonds. The summed E-state index contributed by atoms with van der Waals surface area (Å²) in [7, 11) is 5.92. The number of amides is 1. The van der Waals surface area contributed by atoms with Gasteiger partial charge in [0.15, 0.2) is 0 Å². The van der Waals surface area contributed by atoms with Crippen LogP contribution in [-0.4, -0.2) is 85.0 Å². The first-order chi connectivity index (χ1) is 21.0. The molecule has 3 aliphatic carbocycles. The van der Waals surface area contributed by atoms with Gasteiger partial charge >= 0.3 is 0 Å². The van der Waals surface area contributed by atoms with Crippen LogP contribution in [0, 0.1) is 29.1 Å². The summed E-state index contributed by atoms with van der Waals surface area (Å²) in [6.45, 7) is 13.0. The fraction of sp³-hybridized carbons (Fsp3) is 0.639. The predicted octanol–water partition coefficient (Wildman–Crippen LogP) is 4.56. The third kappa shape index (κ3) is 7.00. The lowest BCUT2D eigenvalue weighted by Gasteiger charge is -2.62. The fourth-order valence-electron chi connectivity index (χ4n) is 8.00. The number of hydroxylamine groups is 2. The summed E-state index contributed by atoms with van der Waals surface area (Å²) < 4.78 is 6.04. The highest BCUT2D eigenvalue weighted by Crippen LogP contribution is 2.61. The molecule has 0 unspecified atom stereocenters. The monoisotopic (exact) mass is 606 g/mol. The van der Waals surface area contributed by atoms with Gasteiger partial charge in [0.05, 0.1) is 26.4 Å². The van der Waals surface area contributed by atoms with Crippen LogP contribution in [-0.2, 0) is 29.3 Å². The molecule has 44 heavy (non-hydrogen) atoms. The van der Waals surface area contributed by atoms with Gasteiger partial charge in [0.2, 0.25) is 5.91 Å². The number of carbonyl (C=O) groups excluding carboxylic acids is 1. The number of aliphatic hydroxyl groups excluding tert-OH is 1. The molecule has 8 nitrogen and oxygen atoms in total. The number of aliphatic hydroxyl groups is 1. The second-order valence-electron chi connectivity index (χ2n) is 14.4. The number of para-hydroxylation sites is 1. The molecule has 1 heterocycles. The molecule has 2 bridgehead atoms. The maximum absolute atomic E-state index is 13.9. The van der Waals surface area contributed by atoms with Crippen molar-refractivity contribution in [2.75, 3.05) is 40.9 Å². The summed E-state index contributed by atoms with van der Waals surface area (Å²) in [4.78, 5) is 24.7. The van der Waals surface area contributed by atoms with Crippen molar-refractivity contribution < 1.29 is 19.5 Å². The molecule has 1 aliphatic heterocycles. The van der Waals surface area contributed by atoms with Crippen LogP contribution in [0.3, 0.4) is 0 Å². The lowest BCUT2D eigenvalue weighted by Crippen LogP contribution is -2.62. The molecule has 242 valence electrons. The van der Waals surface area contributed by atoms with Gasteiger partial charge in [-0.05, 0) is 62.6 Å². The highest BCUT2D eigenvalue weighted by atomic mass is 16.7. The number of likely N-dealkylation sites (N-methyl/N-ethyl adjacent to an activating group) is 1. The highest BCUT2D eigenvalue weighted by Gasteiger charge is 2.57. The number of methoxy groups -OCH3 is 1. The normalized spacial score (nSPS) is 28.6. The zero-order chi connectivity index (χ0) is 31.6. The molecule has 7 atom stereocenters. The lowest BCUT2D eigenvalue weighted by atomic mass is 9.45. The van der Waals surface area contributed by atoms with Crippen molar-refractivity contribution in [2.45, 2.75) is 78.4 Å². The average Bonchev–Trinajstić information content (AvgIpc) is 3.41. The Balaban J connectivity index is 1.32. The van der Waals surface area contributed by atoms with Crippen LogP contribution in [0.1, 0.15) is 57.2 Å². The van der Waals surface area contributed by atoms with Crippen molar-refractivity contribution in [1.82, 2.24) is 20.2 Å². The van der Waals surface area contributed by atoms with Gasteiger partial charge in [0.25, 0.3) is 0 Å². The zero-order valence-corrected chi connectivity index (χ0v) is 27.8. The minimum absolute atomic E-state index is 0.0443. The van der Waals surface area contributed by atoms with Gasteiger partial charge in [-0.25, -0.2) is 0 Å². The van der Waals surface area contributed by atoms with Crippen LogP contribution >= 0.6 is 0 Å². The Morgan fingerprint density at radius 1 is 1.09 bits per heavy atom. The Morgan fingerprint density at radius 3 is 2.45 bits per heavy atom. The maximum Gasteiger partial charge on any atom is 0.240 e. The van der Waals surface area contributed by atoms with Gasteiger partial charge in [-0.2, -0.15) is 5.06 Å². The van der Waals surface area contributed by atoms with E-state index in [1.165, 1.54) is 12.0 Å². The van der Waals surface area contributed by atoms with Crippen LogP contribution < -0.4 is 10.1 Å². The van der Waals surface area contributed by atoms with E-state index in [2.05, 4.69) is 98.5 Å². The standard InChI is InChI=1S/C36H54N4O4/c1-24-31-18-29(36(31,3)4)19-32(24)37-35(42)33-30(25(2)41)23-44-40(33)22-28-15-11-14-27(34(28)43-7)21-39(17-16-38(5)6)20-26-12-9-8-10-13-26/h8-15,24-25,29-33,41H,16-23H2,1-7H3,(H,37,42)/t24-,25-,29+,30-,31-,32-,33-/m0/s1. The molecule has 3 saturated carbocycles. The zero-order valence-electron chi connectivity index (χ0n) is 27.8. The number of hydrogen-bond donors (Lipinski definition) is 2. The van der Waals surface area contributed by atoms with Crippen LogP contribution in [0.25, 0.3) is 0 Å². The molecule has 8 heteroatoms. The van der Waals surface area contributed by atoms with E-state index < -0.39 is 12.1 Å². The summed E-state index contributed by atoms with van der Waals surface area (Å²) >= 11 is 0. The predicted molar refractivity (Wildman–Crippen MR) is 174 cm³/mol. The molecular weight excluding hydrogens is 552 g/mol. The number of hydrogen-bond acceptors (Lipinski definition) is 7. The second kappa shape index (κ2) is 13.9. The van der Waals surface area contributed by atoms with E-state index in [0.29, 0.717) is 36.3 Å². The highest BCUT2D eigenvalue weighted by molar-refractivity contribution is 5.82. The topological polar surface area (TPSA) is 77.5 Å². The summed E-state index contributed by atoms with van der Waals surface area (Å²) in [6.07, 6.45) is 1.62. The first-order valence-corrected chi connectivity index (χ1v) is 16.4. The van der Waals surface area contributed by atoms with E-state index in [1.807, 2.05) is 0 Å². The third-order valence-electron chi connectivity index (χ3n) is 10.9. The number of carbonyl (C=O) groups is 1. The molecule has 6 rings (SSSR count). The lowest BCUT2D eigenvalue weighted by molar-refractivity contribution is -0.161. The second-order valence-corrected chi connectivity index (χ2v) is 14.4. The maximum atomic E-state index is 13.9. The van der Waals surface area contributed by atoms with E-state index in [-0.39, 0.29) is 17.9 Å². The molecule has 1 saturated heterocycles. The Hall–Kier alpha value is -2.49. The van der Waals surface area contributed by atoms with Gasteiger partial charge < -0.3 is 20.1 Å².